The summed E-state index contributed by atoms with van der Waals surface area (Å²) in [5.74, 6) is -0.540. The molecular weight excluding hydrogens is 252 g/mol. The standard InChI is InChI=1S/C12H12N2O3S/c1-7-9-5-8(17-2)3-4-10(9)14-12(13-7)18-6-11(15)16/h3-5H,6H2,1-2H3,(H,15,16)/p-1. The van der Waals surface area contributed by atoms with Gasteiger partial charge in [-0.2, -0.15) is 0 Å². The summed E-state index contributed by atoms with van der Waals surface area (Å²) in [6.07, 6.45) is 0. The third-order valence-electron chi connectivity index (χ3n) is 2.39. The van der Waals surface area contributed by atoms with Crippen molar-refractivity contribution in [3.05, 3.63) is 23.9 Å². The Bertz CT molecular complexity index is 601. The third-order valence-corrected chi connectivity index (χ3v) is 3.21. The second-order valence-electron chi connectivity index (χ2n) is 3.64. The van der Waals surface area contributed by atoms with Crippen molar-refractivity contribution in [1.82, 2.24) is 9.97 Å². The van der Waals surface area contributed by atoms with Crippen LogP contribution in [0.25, 0.3) is 10.9 Å². The molecule has 1 aromatic carbocycles. The fourth-order valence-electron chi connectivity index (χ4n) is 1.55. The summed E-state index contributed by atoms with van der Waals surface area (Å²) in [5.41, 5.74) is 1.56. The molecule has 0 N–H and O–H groups in total. The van der Waals surface area contributed by atoms with Crippen molar-refractivity contribution in [2.45, 2.75) is 12.1 Å². The van der Waals surface area contributed by atoms with E-state index in [-0.39, 0.29) is 5.75 Å². The van der Waals surface area contributed by atoms with Crippen LogP contribution in [0.3, 0.4) is 0 Å². The zero-order chi connectivity index (χ0) is 13.1. The Kier molecular flexibility index (Phi) is 3.66. The van der Waals surface area contributed by atoms with E-state index >= 15 is 0 Å². The molecule has 6 heteroatoms. The summed E-state index contributed by atoms with van der Waals surface area (Å²) in [6.45, 7) is 1.85. The van der Waals surface area contributed by atoms with E-state index in [1.807, 2.05) is 25.1 Å². The molecule has 0 saturated heterocycles. The number of methoxy groups -OCH3 is 1. The van der Waals surface area contributed by atoms with Crippen LogP contribution in [0.5, 0.6) is 5.75 Å². The predicted molar refractivity (Wildman–Crippen MR) is 66.6 cm³/mol. The Hall–Kier alpha value is -1.82. The van der Waals surface area contributed by atoms with Gasteiger partial charge in [-0.1, -0.05) is 11.8 Å². The number of ether oxygens (including phenoxy) is 1. The second-order valence-corrected chi connectivity index (χ2v) is 4.58. The number of aliphatic carboxylic acids is 1. The number of carboxylic acid groups (broad SMARTS) is 1. The number of aromatic nitrogens is 2. The van der Waals surface area contributed by atoms with Gasteiger partial charge in [-0.25, -0.2) is 9.97 Å². The van der Waals surface area contributed by atoms with Crippen LogP contribution in [-0.2, 0) is 4.79 Å². The Morgan fingerprint density at radius 1 is 1.44 bits per heavy atom. The summed E-state index contributed by atoms with van der Waals surface area (Å²) in [7, 11) is 1.60. The van der Waals surface area contributed by atoms with Crippen LogP contribution in [0.15, 0.2) is 23.4 Å². The highest BCUT2D eigenvalue weighted by Gasteiger charge is 2.06. The molecule has 0 radical (unpaired) electrons. The highest BCUT2D eigenvalue weighted by Crippen LogP contribution is 2.24. The quantitative estimate of drug-likeness (QED) is 0.599. The molecule has 0 aliphatic carbocycles. The van der Waals surface area contributed by atoms with Crippen molar-refractivity contribution in [3.63, 3.8) is 0 Å². The topological polar surface area (TPSA) is 75.1 Å². The molecule has 2 aromatic rings. The van der Waals surface area contributed by atoms with Crippen molar-refractivity contribution >= 4 is 28.6 Å². The minimum absolute atomic E-state index is 0.152. The van der Waals surface area contributed by atoms with Gasteiger partial charge in [0.25, 0.3) is 0 Å². The number of carboxylic acids is 1. The summed E-state index contributed by atoms with van der Waals surface area (Å²) >= 11 is 1.05. The lowest BCUT2D eigenvalue weighted by molar-refractivity contribution is -0.301. The van der Waals surface area contributed by atoms with Gasteiger partial charge in [0.2, 0.25) is 0 Å². The van der Waals surface area contributed by atoms with Crippen LogP contribution in [0.4, 0.5) is 0 Å². The number of nitrogens with zero attached hydrogens (tertiary/aromatic N) is 2. The van der Waals surface area contributed by atoms with Crippen molar-refractivity contribution in [3.8, 4) is 5.75 Å². The first-order chi connectivity index (χ1) is 8.60. The maximum absolute atomic E-state index is 10.4. The second kappa shape index (κ2) is 5.22. The number of hydrogen-bond acceptors (Lipinski definition) is 6. The fourth-order valence-corrected chi connectivity index (χ4v) is 2.16. The highest BCUT2D eigenvalue weighted by molar-refractivity contribution is 7.99. The molecule has 0 unspecified atom stereocenters. The predicted octanol–water partition coefficient (Wildman–Crippen LogP) is 0.789. The number of rotatable bonds is 4. The molecule has 0 saturated carbocycles. The van der Waals surface area contributed by atoms with Crippen LogP contribution in [-0.4, -0.2) is 28.8 Å². The normalized spacial score (nSPS) is 10.6. The Morgan fingerprint density at radius 2 is 2.22 bits per heavy atom. The SMILES string of the molecule is COc1ccc2nc(SCC(=O)[O-])nc(C)c2c1. The first kappa shape index (κ1) is 12.6. The number of benzene rings is 1. The summed E-state index contributed by atoms with van der Waals surface area (Å²) in [6, 6.07) is 5.49. The molecule has 1 aromatic heterocycles. The fraction of sp³-hybridized carbons (Fsp3) is 0.250. The number of hydrogen-bond donors (Lipinski definition) is 0. The minimum Gasteiger partial charge on any atom is -0.549 e. The molecule has 0 amide bonds. The monoisotopic (exact) mass is 263 g/mol. The van der Waals surface area contributed by atoms with Crippen LogP contribution in [0, 0.1) is 6.92 Å². The molecular formula is C12H11N2O3S-. The van der Waals surface area contributed by atoms with Crippen molar-refractivity contribution in [2.75, 3.05) is 12.9 Å². The average Bonchev–Trinajstić information content (AvgIpc) is 2.36. The molecule has 0 aliphatic rings. The first-order valence-corrected chi connectivity index (χ1v) is 6.24. The molecule has 0 fully saturated rings. The van der Waals surface area contributed by atoms with Gasteiger partial charge in [-0.05, 0) is 25.1 Å². The third kappa shape index (κ3) is 2.70. The van der Waals surface area contributed by atoms with Gasteiger partial charge in [-0.3, -0.25) is 0 Å². The lowest BCUT2D eigenvalue weighted by Crippen LogP contribution is -2.24. The summed E-state index contributed by atoms with van der Waals surface area (Å²) < 4.78 is 5.14. The Labute approximate surface area is 108 Å². The average molecular weight is 263 g/mol. The number of fused-ring (bicyclic) bond motifs is 1. The number of carbonyl (C=O) groups excluding carboxylic acids is 1. The number of thioether (sulfide) groups is 1. The molecule has 2 rings (SSSR count). The van der Waals surface area contributed by atoms with Gasteiger partial charge in [-0.15, -0.1) is 0 Å². The van der Waals surface area contributed by atoms with Crippen LogP contribution < -0.4 is 9.84 Å². The summed E-state index contributed by atoms with van der Waals surface area (Å²) in [5, 5.41) is 11.7. The Morgan fingerprint density at radius 3 is 2.89 bits per heavy atom. The maximum atomic E-state index is 10.4. The lowest BCUT2D eigenvalue weighted by Gasteiger charge is -2.07. The van der Waals surface area contributed by atoms with E-state index in [0.717, 1.165) is 34.1 Å². The molecule has 0 spiro atoms. The van der Waals surface area contributed by atoms with Crippen molar-refractivity contribution < 1.29 is 14.6 Å². The smallest absolute Gasteiger partial charge is 0.188 e. The van der Waals surface area contributed by atoms with E-state index in [1.165, 1.54) is 0 Å². The zero-order valence-electron chi connectivity index (χ0n) is 9.97. The van der Waals surface area contributed by atoms with Crippen molar-refractivity contribution in [2.24, 2.45) is 0 Å². The van der Waals surface area contributed by atoms with Crippen LogP contribution in [0.1, 0.15) is 5.69 Å². The molecule has 0 bridgehead atoms. The zero-order valence-corrected chi connectivity index (χ0v) is 10.8. The van der Waals surface area contributed by atoms with Gasteiger partial charge >= 0.3 is 0 Å². The van der Waals surface area contributed by atoms with E-state index in [9.17, 15) is 9.90 Å². The van der Waals surface area contributed by atoms with Gasteiger partial charge in [0.1, 0.15) is 5.75 Å². The van der Waals surface area contributed by atoms with Crippen LogP contribution in [0.2, 0.25) is 0 Å². The van der Waals surface area contributed by atoms with Crippen LogP contribution >= 0.6 is 11.8 Å². The highest BCUT2D eigenvalue weighted by atomic mass is 32.2. The van der Waals surface area contributed by atoms with E-state index in [2.05, 4.69) is 9.97 Å². The van der Waals surface area contributed by atoms with E-state index in [4.69, 9.17) is 4.74 Å². The first-order valence-electron chi connectivity index (χ1n) is 5.25. The maximum Gasteiger partial charge on any atom is 0.188 e. The summed E-state index contributed by atoms with van der Waals surface area (Å²) in [4.78, 5) is 18.9. The van der Waals surface area contributed by atoms with Crippen molar-refractivity contribution in [1.29, 1.82) is 0 Å². The van der Waals surface area contributed by atoms with E-state index in [1.54, 1.807) is 7.11 Å². The largest absolute Gasteiger partial charge is 0.549 e. The molecule has 18 heavy (non-hydrogen) atoms. The molecule has 1 heterocycles. The molecule has 0 aliphatic heterocycles. The number of carbonyl (C=O) groups is 1. The Balaban J connectivity index is 2.40. The molecule has 0 atom stereocenters. The van der Waals surface area contributed by atoms with E-state index < -0.39 is 5.97 Å². The number of aryl methyl sites for hydroxylation is 1. The van der Waals surface area contributed by atoms with Gasteiger partial charge in [0.05, 0.1) is 18.6 Å². The van der Waals surface area contributed by atoms with Gasteiger partial charge in [0.15, 0.2) is 5.16 Å². The molecule has 94 valence electrons. The van der Waals surface area contributed by atoms with E-state index in [0.29, 0.717) is 5.16 Å². The minimum atomic E-state index is -1.13. The molecule has 5 nitrogen and oxygen atoms in total. The lowest BCUT2D eigenvalue weighted by atomic mass is 10.2. The van der Waals surface area contributed by atoms with Gasteiger partial charge < -0.3 is 14.6 Å². The van der Waals surface area contributed by atoms with Gasteiger partial charge in [0, 0.05) is 16.8 Å².